The Hall–Kier alpha value is -4.66. The second-order valence-corrected chi connectivity index (χ2v) is 10.6. The molecule has 8 nitrogen and oxygen atoms in total. The van der Waals surface area contributed by atoms with E-state index in [0.29, 0.717) is 11.5 Å². The van der Waals surface area contributed by atoms with Crippen LogP contribution in [0.2, 0.25) is 0 Å². The number of hydrogen-bond acceptors (Lipinski definition) is 5. The lowest BCUT2D eigenvalue weighted by Crippen LogP contribution is -2.41. The largest absolute Gasteiger partial charge is 0.449 e. The highest BCUT2D eigenvalue weighted by atomic mass is 19.1. The molecule has 1 heterocycles. The molecule has 0 atom stereocenters. The molecule has 0 radical (unpaired) electrons. The van der Waals surface area contributed by atoms with E-state index in [2.05, 4.69) is 21.0 Å². The lowest BCUT2D eigenvalue weighted by molar-refractivity contribution is -0.116. The van der Waals surface area contributed by atoms with Crippen molar-refractivity contribution in [2.24, 2.45) is 0 Å². The Balaban J connectivity index is 1.70. The Morgan fingerprint density at radius 1 is 0.854 bits per heavy atom. The summed E-state index contributed by atoms with van der Waals surface area (Å²) in [6, 6.07) is 29.8. The maximum Gasteiger partial charge on any atom is 0.407 e. The van der Waals surface area contributed by atoms with E-state index in [1.165, 1.54) is 10.9 Å². The Labute approximate surface area is 239 Å². The van der Waals surface area contributed by atoms with Crippen molar-refractivity contribution in [2.45, 2.75) is 44.8 Å². The van der Waals surface area contributed by atoms with Gasteiger partial charge in [-0.05, 0) is 37.5 Å². The second-order valence-electron chi connectivity index (χ2n) is 10.6. The standard InChI is InChI=1S/C32H36FN5O3/c1-31(2,3)37-30(40)41-22-19-28(39)35-27-23-34-38(21-20-33)29(27)36-32(24-13-7-4-8-14-24,25-15-9-5-10-16-25)26-17-11-6-12-18-26/h4-18,23,36H,19-22H2,1-3H3,(H,35,39)(H,37,40). The molecule has 0 fully saturated rings. The number of rotatable bonds is 11. The van der Waals surface area contributed by atoms with Crippen molar-refractivity contribution in [1.29, 1.82) is 0 Å². The molecule has 2 amide bonds. The average molecular weight is 558 g/mol. The summed E-state index contributed by atoms with van der Waals surface area (Å²) in [6.45, 7) is 4.76. The van der Waals surface area contributed by atoms with Crippen molar-refractivity contribution < 1.29 is 18.7 Å². The summed E-state index contributed by atoms with van der Waals surface area (Å²) >= 11 is 0. The smallest absolute Gasteiger partial charge is 0.407 e. The third-order valence-corrected chi connectivity index (χ3v) is 6.38. The van der Waals surface area contributed by atoms with Gasteiger partial charge in [-0.1, -0.05) is 91.0 Å². The van der Waals surface area contributed by atoms with Gasteiger partial charge in [-0.15, -0.1) is 0 Å². The second kappa shape index (κ2) is 13.1. The minimum Gasteiger partial charge on any atom is -0.449 e. The maximum absolute atomic E-state index is 13.7. The van der Waals surface area contributed by atoms with Crippen LogP contribution in [0, 0.1) is 0 Å². The number of ether oxygens (including phenoxy) is 1. The summed E-state index contributed by atoms with van der Waals surface area (Å²) in [5, 5.41) is 13.6. The van der Waals surface area contributed by atoms with Gasteiger partial charge >= 0.3 is 6.09 Å². The third-order valence-electron chi connectivity index (χ3n) is 6.38. The number of nitrogens with one attached hydrogen (secondary N) is 3. The summed E-state index contributed by atoms with van der Waals surface area (Å²) in [4.78, 5) is 24.9. The number of benzene rings is 3. The fourth-order valence-corrected chi connectivity index (χ4v) is 4.61. The van der Waals surface area contributed by atoms with Crippen LogP contribution in [-0.2, 0) is 21.6 Å². The fourth-order valence-electron chi connectivity index (χ4n) is 4.61. The topological polar surface area (TPSA) is 97.3 Å². The number of aryl methyl sites for hydroxylation is 1. The van der Waals surface area contributed by atoms with Crippen LogP contribution in [0.3, 0.4) is 0 Å². The first-order valence-corrected chi connectivity index (χ1v) is 13.5. The summed E-state index contributed by atoms with van der Waals surface area (Å²) < 4.78 is 20.3. The van der Waals surface area contributed by atoms with E-state index in [1.807, 2.05) is 112 Å². The lowest BCUT2D eigenvalue weighted by atomic mass is 9.77. The van der Waals surface area contributed by atoms with Crippen LogP contribution in [-0.4, -0.2) is 40.6 Å². The number of aromatic nitrogens is 2. The van der Waals surface area contributed by atoms with Crippen molar-refractivity contribution in [2.75, 3.05) is 23.9 Å². The minimum absolute atomic E-state index is 0.0112. The summed E-state index contributed by atoms with van der Waals surface area (Å²) in [7, 11) is 0. The number of hydrogen-bond donors (Lipinski definition) is 3. The quantitative estimate of drug-likeness (QED) is 0.193. The fraction of sp³-hybridized carbons (Fsp3) is 0.281. The highest BCUT2D eigenvalue weighted by Gasteiger charge is 2.38. The van der Waals surface area contributed by atoms with Crippen molar-refractivity contribution in [3.05, 3.63) is 114 Å². The Morgan fingerprint density at radius 3 is 1.83 bits per heavy atom. The van der Waals surface area contributed by atoms with Gasteiger partial charge < -0.3 is 20.7 Å². The number of carbonyl (C=O) groups is 2. The molecular weight excluding hydrogens is 521 g/mol. The molecule has 1 aromatic heterocycles. The van der Waals surface area contributed by atoms with Gasteiger partial charge in [0.05, 0.1) is 19.2 Å². The maximum atomic E-state index is 13.7. The predicted octanol–water partition coefficient (Wildman–Crippen LogP) is 6.11. The van der Waals surface area contributed by atoms with Crippen LogP contribution in [0.15, 0.2) is 97.2 Å². The van der Waals surface area contributed by atoms with Gasteiger partial charge in [-0.3, -0.25) is 4.79 Å². The first-order chi connectivity index (χ1) is 19.7. The van der Waals surface area contributed by atoms with Crippen LogP contribution in [0.25, 0.3) is 0 Å². The number of carbonyl (C=O) groups excluding carboxylic acids is 2. The van der Waals surface area contributed by atoms with Gasteiger partial charge in [0.25, 0.3) is 0 Å². The first-order valence-electron chi connectivity index (χ1n) is 13.5. The molecule has 0 bridgehead atoms. The van der Waals surface area contributed by atoms with Crippen molar-refractivity contribution in [3.63, 3.8) is 0 Å². The lowest BCUT2D eigenvalue weighted by Gasteiger charge is -2.38. The van der Waals surface area contributed by atoms with Gasteiger partial charge in [0, 0.05) is 5.54 Å². The molecule has 4 aromatic rings. The van der Waals surface area contributed by atoms with Crippen LogP contribution < -0.4 is 16.0 Å². The molecule has 0 saturated heterocycles. The molecule has 3 N–H and O–H groups in total. The zero-order valence-electron chi connectivity index (χ0n) is 23.6. The van der Waals surface area contributed by atoms with Crippen LogP contribution in [0.4, 0.5) is 20.7 Å². The molecule has 0 aliphatic carbocycles. The van der Waals surface area contributed by atoms with Crippen molar-refractivity contribution in [3.8, 4) is 0 Å². The molecule has 0 spiro atoms. The molecule has 4 rings (SSSR count). The van der Waals surface area contributed by atoms with Gasteiger partial charge in [-0.2, -0.15) is 5.10 Å². The van der Waals surface area contributed by atoms with Gasteiger partial charge in [-0.25, -0.2) is 13.9 Å². The van der Waals surface area contributed by atoms with E-state index in [-0.39, 0.29) is 25.5 Å². The summed E-state index contributed by atoms with van der Waals surface area (Å²) in [5.41, 5.74) is 1.86. The molecule has 0 aliphatic rings. The summed E-state index contributed by atoms with van der Waals surface area (Å²) in [5.74, 6) is 0.0695. The molecule has 214 valence electrons. The van der Waals surface area contributed by atoms with E-state index < -0.39 is 23.8 Å². The molecule has 3 aromatic carbocycles. The third kappa shape index (κ3) is 7.30. The summed E-state index contributed by atoms with van der Waals surface area (Å²) in [6.07, 6.45) is 0.836. The number of alkyl carbamates (subject to hydrolysis) is 1. The van der Waals surface area contributed by atoms with E-state index in [0.717, 1.165) is 16.7 Å². The highest BCUT2D eigenvalue weighted by molar-refractivity contribution is 5.94. The Bertz CT molecular complexity index is 1320. The van der Waals surface area contributed by atoms with Crippen LogP contribution in [0.5, 0.6) is 0 Å². The zero-order valence-corrected chi connectivity index (χ0v) is 23.6. The van der Waals surface area contributed by atoms with E-state index in [9.17, 15) is 14.0 Å². The molecular formula is C32H36FN5O3. The van der Waals surface area contributed by atoms with E-state index in [1.54, 1.807) is 0 Å². The van der Waals surface area contributed by atoms with E-state index >= 15 is 0 Å². The van der Waals surface area contributed by atoms with Crippen LogP contribution >= 0.6 is 0 Å². The molecule has 0 unspecified atom stereocenters. The molecule has 0 aliphatic heterocycles. The monoisotopic (exact) mass is 557 g/mol. The average Bonchev–Trinajstić information content (AvgIpc) is 3.32. The van der Waals surface area contributed by atoms with Gasteiger partial charge in [0.1, 0.15) is 30.3 Å². The number of nitrogens with zero attached hydrogens (tertiary/aromatic N) is 2. The van der Waals surface area contributed by atoms with Crippen molar-refractivity contribution >= 4 is 23.5 Å². The number of halogens is 1. The number of amides is 2. The van der Waals surface area contributed by atoms with Crippen molar-refractivity contribution in [1.82, 2.24) is 15.1 Å². The zero-order chi connectivity index (χ0) is 29.3. The highest BCUT2D eigenvalue weighted by Crippen LogP contribution is 2.41. The molecule has 41 heavy (non-hydrogen) atoms. The molecule has 9 heteroatoms. The van der Waals surface area contributed by atoms with Gasteiger partial charge in [0.15, 0.2) is 0 Å². The normalized spacial score (nSPS) is 11.5. The number of anilines is 2. The van der Waals surface area contributed by atoms with E-state index in [4.69, 9.17) is 4.74 Å². The molecule has 0 saturated carbocycles. The Morgan fingerprint density at radius 2 is 1.37 bits per heavy atom. The van der Waals surface area contributed by atoms with Crippen LogP contribution in [0.1, 0.15) is 43.9 Å². The Kier molecular flexibility index (Phi) is 9.39. The SMILES string of the molecule is CC(C)(C)NC(=O)OCCC(=O)Nc1cnn(CCF)c1NC(c1ccccc1)(c1ccccc1)c1ccccc1. The first kappa shape index (κ1) is 29.3. The predicted molar refractivity (Wildman–Crippen MR) is 159 cm³/mol. The van der Waals surface area contributed by atoms with Gasteiger partial charge in [0.2, 0.25) is 5.91 Å². The number of alkyl halides is 1. The minimum atomic E-state index is -0.911.